The topological polar surface area (TPSA) is 86.8 Å². The van der Waals surface area contributed by atoms with Gasteiger partial charge in [-0.05, 0) is 47.9 Å². The second-order valence-electron chi connectivity index (χ2n) is 9.13. The lowest BCUT2D eigenvalue weighted by atomic mass is 10.0. The van der Waals surface area contributed by atoms with Gasteiger partial charge in [0.25, 0.3) is 0 Å². The summed E-state index contributed by atoms with van der Waals surface area (Å²) in [6.07, 6.45) is 1.87. The number of halogens is 4. The molecule has 3 aromatic rings. The van der Waals surface area contributed by atoms with E-state index < -0.39 is 28.5 Å². The highest BCUT2D eigenvalue weighted by molar-refractivity contribution is 7.92. The molecule has 0 fully saturated rings. The average molecular weight is 645 g/mol. The fraction of sp³-hybridized carbons (Fsp3) is 0.286. The number of benzene rings is 3. The van der Waals surface area contributed by atoms with E-state index in [1.807, 2.05) is 37.3 Å². The second-order valence-corrected chi connectivity index (χ2v) is 12.7. The molecule has 2 amide bonds. The number of hydrogen-bond donors (Lipinski definition) is 1. The molecule has 1 atom stereocenters. The van der Waals surface area contributed by atoms with E-state index >= 15 is 0 Å². The molecule has 0 spiro atoms. The first-order valence-electron chi connectivity index (χ1n) is 12.4. The van der Waals surface area contributed by atoms with Gasteiger partial charge in [-0.2, -0.15) is 0 Å². The molecule has 0 bridgehead atoms. The first kappa shape index (κ1) is 32.0. The highest BCUT2D eigenvalue weighted by Crippen LogP contribution is 2.31. The highest BCUT2D eigenvalue weighted by atomic mass is 35.5. The minimum Gasteiger partial charge on any atom is -0.354 e. The summed E-state index contributed by atoms with van der Waals surface area (Å²) in [5.74, 6) is -0.982. The fourth-order valence-electron chi connectivity index (χ4n) is 4.03. The fourth-order valence-corrected chi connectivity index (χ4v) is 5.78. The Morgan fingerprint density at radius 1 is 0.875 bits per heavy atom. The van der Waals surface area contributed by atoms with Crippen LogP contribution in [0.25, 0.3) is 0 Å². The molecule has 0 radical (unpaired) electrons. The van der Waals surface area contributed by atoms with Crippen molar-refractivity contribution in [3.8, 4) is 0 Å². The first-order valence-corrected chi connectivity index (χ1v) is 15.7. The maximum absolute atomic E-state index is 14.0. The van der Waals surface area contributed by atoms with E-state index in [2.05, 4.69) is 5.32 Å². The quantitative estimate of drug-likeness (QED) is 0.253. The molecule has 0 heterocycles. The van der Waals surface area contributed by atoms with E-state index in [0.29, 0.717) is 28.6 Å². The van der Waals surface area contributed by atoms with Crippen LogP contribution in [0.4, 0.5) is 5.69 Å². The zero-order valence-corrected chi connectivity index (χ0v) is 25.8. The van der Waals surface area contributed by atoms with E-state index in [9.17, 15) is 18.0 Å². The largest absolute Gasteiger partial charge is 0.354 e. The normalized spacial score (nSPS) is 12.1. The van der Waals surface area contributed by atoms with Crippen molar-refractivity contribution in [2.75, 3.05) is 23.7 Å². The number of hydrogen-bond acceptors (Lipinski definition) is 4. The first-order chi connectivity index (χ1) is 18.9. The molecule has 7 nitrogen and oxygen atoms in total. The van der Waals surface area contributed by atoms with Gasteiger partial charge < -0.3 is 10.2 Å². The molecule has 1 unspecified atom stereocenters. The third-order valence-electron chi connectivity index (χ3n) is 6.01. The van der Waals surface area contributed by atoms with Crippen LogP contribution in [0, 0.1) is 0 Å². The van der Waals surface area contributed by atoms with Gasteiger partial charge in [0, 0.05) is 24.5 Å². The third-order valence-corrected chi connectivity index (χ3v) is 8.42. The Labute approximate surface area is 255 Å². The molecule has 0 saturated carbocycles. The van der Waals surface area contributed by atoms with Gasteiger partial charge >= 0.3 is 0 Å². The third kappa shape index (κ3) is 8.75. The molecule has 0 saturated heterocycles. The van der Waals surface area contributed by atoms with Crippen LogP contribution >= 0.6 is 46.4 Å². The predicted octanol–water partition coefficient (Wildman–Crippen LogP) is 6.23. The molecule has 40 heavy (non-hydrogen) atoms. The van der Waals surface area contributed by atoms with E-state index in [1.165, 1.54) is 23.1 Å². The van der Waals surface area contributed by atoms with Crippen LogP contribution in [0.15, 0.2) is 66.7 Å². The van der Waals surface area contributed by atoms with Gasteiger partial charge in [-0.25, -0.2) is 8.42 Å². The Morgan fingerprint density at radius 2 is 1.57 bits per heavy atom. The zero-order valence-electron chi connectivity index (χ0n) is 21.9. The number of nitrogens with zero attached hydrogens (tertiary/aromatic N) is 2. The zero-order chi connectivity index (χ0) is 29.4. The van der Waals surface area contributed by atoms with Crippen molar-refractivity contribution in [2.45, 2.75) is 32.4 Å². The molecular weight excluding hydrogens is 616 g/mol. The summed E-state index contributed by atoms with van der Waals surface area (Å²) in [5.41, 5.74) is 1.53. The van der Waals surface area contributed by atoms with Gasteiger partial charge in [0.1, 0.15) is 12.6 Å². The number of rotatable bonds is 12. The van der Waals surface area contributed by atoms with Crippen LogP contribution in [-0.4, -0.2) is 50.5 Å². The lowest BCUT2D eigenvalue weighted by molar-refractivity contribution is -0.140. The van der Waals surface area contributed by atoms with Crippen molar-refractivity contribution in [2.24, 2.45) is 0 Å². The lowest BCUT2D eigenvalue weighted by Crippen LogP contribution is -2.53. The minimum atomic E-state index is -3.97. The number of sulfonamides is 1. The molecule has 214 valence electrons. The molecule has 3 rings (SSSR count). The standard InChI is InChI=1S/C28H29Cl4N3O4S/c1-3-13-33-28(37)26(15-19-7-5-4-6-8-19)34(17-20-9-11-22(30)23(31)14-20)27(36)18-35(40(2,38)39)25-12-10-21(29)16-24(25)32/h4-12,14,16,26H,3,13,15,17-18H2,1-2H3,(H,33,37). The van der Waals surface area contributed by atoms with E-state index in [1.54, 1.807) is 18.2 Å². The van der Waals surface area contributed by atoms with Gasteiger partial charge in [-0.3, -0.25) is 13.9 Å². The SMILES string of the molecule is CCCNC(=O)C(Cc1ccccc1)N(Cc1ccc(Cl)c(Cl)c1)C(=O)CN(c1ccc(Cl)cc1Cl)S(C)(=O)=O. The van der Waals surface area contributed by atoms with Crippen LogP contribution in [0.3, 0.4) is 0 Å². The van der Waals surface area contributed by atoms with Gasteiger partial charge in [0.2, 0.25) is 21.8 Å². The Balaban J connectivity index is 2.08. The predicted molar refractivity (Wildman–Crippen MR) is 163 cm³/mol. The van der Waals surface area contributed by atoms with Crippen molar-refractivity contribution in [1.82, 2.24) is 10.2 Å². The monoisotopic (exact) mass is 643 g/mol. The summed E-state index contributed by atoms with van der Waals surface area (Å²) < 4.78 is 26.6. The summed E-state index contributed by atoms with van der Waals surface area (Å²) in [7, 11) is -3.97. The Kier molecular flexibility index (Phi) is 11.5. The molecule has 0 aliphatic heterocycles. The molecule has 0 aliphatic rings. The molecule has 0 aromatic heterocycles. The smallest absolute Gasteiger partial charge is 0.244 e. The van der Waals surface area contributed by atoms with E-state index in [0.717, 1.165) is 16.1 Å². The van der Waals surface area contributed by atoms with Crippen LogP contribution < -0.4 is 9.62 Å². The van der Waals surface area contributed by atoms with Crippen LogP contribution in [-0.2, 0) is 32.6 Å². The molecular formula is C28H29Cl4N3O4S. The Hall–Kier alpha value is -2.49. The number of anilines is 1. The average Bonchev–Trinajstić information content (AvgIpc) is 2.90. The minimum absolute atomic E-state index is 0.0290. The van der Waals surface area contributed by atoms with Crippen molar-refractivity contribution >= 4 is 73.9 Å². The molecule has 3 aromatic carbocycles. The number of nitrogens with one attached hydrogen (secondary N) is 1. The van der Waals surface area contributed by atoms with Crippen molar-refractivity contribution in [3.63, 3.8) is 0 Å². The van der Waals surface area contributed by atoms with Gasteiger partial charge in [-0.15, -0.1) is 0 Å². The van der Waals surface area contributed by atoms with Crippen LogP contribution in [0.1, 0.15) is 24.5 Å². The van der Waals surface area contributed by atoms with Gasteiger partial charge in [0.15, 0.2) is 0 Å². The number of carbonyl (C=O) groups is 2. The van der Waals surface area contributed by atoms with Gasteiger partial charge in [-0.1, -0.05) is 89.7 Å². The number of carbonyl (C=O) groups excluding carboxylic acids is 2. The van der Waals surface area contributed by atoms with Crippen LogP contribution in [0.5, 0.6) is 0 Å². The van der Waals surface area contributed by atoms with E-state index in [4.69, 9.17) is 46.4 Å². The number of amides is 2. The van der Waals surface area contributed by atoms with Crippen molar-refractivity contribution < 1.29 is 18.0 Å². The van der Waals surface area contributed by atoms with Gasteiger partial charge in [0.05, 0.1) is 27.0 Å². The second kappa shape index (κ2) is 14.4. The maximum atomic E-state index is 14.0. The Morgan fingerprint density at radius 3 is 2.17 bits per heavy atom. The van der Waals surface area contributed by atoms with E-state index in [-0.39, 0.29) is 34.6 Å². The highest BCUT2D eigenvalue weighted by Gasteiger charge is 2.33. The summed E-state index contributed by atoms with van der Waals surface area (Å²) in [4.78, 5) is 28.9. The molecule has 12 heteroatoms. The van der Waals surface area contributed by atoms with Crippen molar-refractivity contribution in [1.29, 1.82) is 0 Å². The summed E-state index contributed by atoms with van der Waals surface area (Å²) in [6.45, 7) is 1.70. The lowest BCUT2D eigenvalue weighted by Gasteiger charge is -2.33. The molecule has 0 aliphatic carbocycles. The molecule has 1 N–H and O–H groups in total. The maximum Gasteiger partial charge on any atom is 0.244 e. The summed E-state index contributed by atoms with van der Waals surface area (Å²) >= 11 is 24.7. The summed E-state index contributed by atoms with van der Waals surface area (Å²) in [5, 5.41) is 3.87. The summed E-state index contributed by atoms with van der Waals surface area (Å²) in [6, 6.07) is 17.5. The van der Waals surface area contributed by atoms with Crippen LogP contribution in [0.2, 0.25) is 20.1 Å². The Bertz CT molecular complexity index is 1460. The van der Waals surface area contributed by atoms with Crippen molar-refractivity contribution in [3.05, 3.63) is 97.9 Å².